The van der Waals surface area contributed by atoms with Gasteiger partial charge in [-0.1, -0.05) is 282 Å². The van der Waals surface area contributed by atoms with Crippen LogP contribution in [-0.4, -0.2) is 15.8 Å². The van der Waals surface area contributed by atoms with Crippen LogP contribution >= 0.6 is 0 Å². The number of hydrogen-bond acceptors (Lipinski definition) is 2. The molecule has 0 aliphatic carbocycles. The lowest BCUT2D eigenvalue weighted by Gasteiger charge is -2.46. The van der Waals surface area contributed by atoms with Gasteiger partial charge in [-0.05, 0) is 226 Å². The summed E-state index contributed by atoms with van der Waals surface area (Å²) in [5.74, 6) is 0. The highest BCUT2D eigenvalue weighted by atomic mass is 15.2. The molecule has 0 unspecified atom stereocenters. The van der Waals surface area contributed by atoms with E-state index in [9.17, 15) is 4.11 Å². The van der Waals surface area contributed by atoms with Crippen LogP contribution in [0.3, 0.4) is 0 Å². The number of fused-ring (bicyclic) bond motifs is 10. The Morgan fingerprint density at radius 1 is 0.259 bits per heavy atom. The Morgan fingerprint density at radius 2 is 0.528 bits per heavy atom. The number of rotatable bonds is 8. The molecule has 536 valence electrons. The summed E-state index contributed by atoms with van der Waals surface area (Å²) in [5.41, 5.74) is 30.2. The third kappa shape index (κ3) is 11.8. The first-order chi connectivity index (χ1) is 52.5. The Labute approximate surface area is 645 Å². The largest absolute Gasteiger partial charge is 0.310 e. The average molecular weight is 1410 g/mol. The van der Waals surface area contributed by atoms with Gasteiger partial charge in [0.25, 0.3) is 6.71 Å². The van der Waals surface area contributed by atoms with Gasteiger partial charge in [-0.15, -0.1) is 0 Å². The molecule has 15 aromatic rings. The van der Waals surface area contributed by atoms with Crippen molar-refractivity contribution in [2.24, 2.45) is 0 Å². The van der Waals surface area contributed by atoms with E-state index in [1.54, 1.807) is 0 Å². The molecule has 4 heterocycles. The van der Waals surface area contributed by atoms with Crippen molar-refractivity contribution in [1.82, 2.24) is 9.13 Å². The molecule has 0 radical (unpaired) electrons. The van der Waals surface area contributed by atoms with Crippen molar-refractivity contribution in [3.63, 3.8) is 0 Å². The molecule has 0 saturated heterocycles. The van der Waals surface area contributed by atoms with Gasteiger partial charge in [-0.25, -0.2) is 0 Å². The van der Waals surface area contributed by atoms with Crippen LogP contribution in [0.5, 0.6) is 0 Å². The van der Waals surface area contributed by atoms with Crippen LogP contribution in [0.4, 0.5) is 34.1 Å². The minimum atomic E-state index is -2.59. The Morgan fingerprint density at radius 3 is 0.778 bits per heavy atom. The summed E-state index contributed by atoms with van der Waals surface area (Å²) in [4.78, 5) is 5.02. The monoisotopic (exact) mass is 1410 g/mol. The van der Waals surface area contributed by atoms with Gasteiger partial charge >= 0.3 is 0 Å². The zero-order valence-electron chi connectivity index (χ0n) is 69.3. The van der Waals surface area contributed by atoms with Crippen molar-refractivity contribution in [2.45, 2.75) is 164 Å². The molecule has 0 bridgehead atoms. The number of aryl methyl sites for hydroxylation is 1. The molecular weight excluding hydrogens is 1300 g/mol. The van der Waals surface area contributed by atoms with Gasteiger partial charge in [0.2, 0.25) is 0 Å². The maximum absolute atomic E-state index is 10.0. The summed E-state index contributed by atoms with van der Waals surface area (Å²) in [7, 11) is 0. The number of benzene rings is 13. The Bertz CT molecular complexity index is 5600. The van der Waals surface area contributed by atoms with Crippen molar-refractivity contribution in [1.29, 1.82) is 0 Å². The molecule has 0 spiro atoms. The molecule has 13 aromatic carbocycles. The molecule has 2 aromatic heterocycles. The van der Waals surface area contributed by atoms with Gasteiger partial charge in [-0.2, -0.15) is 0 Å². The number of aromatic nitrogens is 2. The first-order valence-corrected chi connectivity index (χ1v) is 38.8. The molecule has 4 nitrogen and oxygen atoms in total. The van der Waals surface area contributed by atoms with Crippen LogP contribution in [0, 0.1) is 6.85 Å². The summed E-state index contributed by atoms with van der Waals surface area (Å²) in [6.45, 7) is 38.5. The van der Waals surface area contributed by atoms with Gasteiger partial charge in [0.15, 0.2) is 0 Å². The molecule has 17 rings (SSSR count). The predicted octanol–water partition coefficient (Wildman–Crippen LogP) is 26.7. The minimum absolute atomic E-state index is 0.101. The second-order valence-electron chi connectivity index (χ2n) is 36.9. The topological polar surface area (TPSA) is 16.3 Å². The fourth-order valence-electron chi connectivity index (χ4n) is 17.2. The smallest absolute Gasteiger partial charge is 0.252 e. The van der Waals surface area contributed by atoms with E-state index in [1.165, 1.54) is 54.9 Å². The molecule has 0 saturated carbocycles. The molecule has 108 heavy (non-hydrogen) atoms. The maximum atomic E-state index is 10.0. The summed E-state index contributed by atoms with van der Waals surface area (Å²) in [6, 6.07) is 100. The molecule has 0 amide bonds. The Hall–Kier alpha value is -10.9. The molecular formula is C103H101BN4. The van der Waals surface area contributed by atoms with Gasteiger partial charge in [0.1, 0.15) is 0 Å². The van der Waals surface area contributed by atoms with E-state index in [1.807, 2.05) is 12.1 Å². The first-order valence-electron chi connectivity index (χ1n) is 40.3. The minimum Gasteiger partial charge on any atom is -0.310 e. The lowest BCUT2D eigenvalue weighted by molar-refractivity contribution is 0.590. The van der Waals surface area contributed by atoms with Gasteiger partial charge in [0.05, 0.1) is 33.4 Å². The molecule has 5 heteroatoms. The van der Waals surface area contributed by atoms with Crippen LogP contribution in [0.2, 0.25) is 0 Å². The normalized spacial score (nSPS) is 14.0. The van der Waals surface area contributed by atoms with Crippen LogP contribution in [0.15, 0.2) is 267 Å². The Kier molecular flexibility index (Phi) is 15.5. The summed E-state index contributed by atoms with van der Waals surface area (Å²) < 4.78 is 35.1. The first kappa shape index (κ1) is 66.6. The van der Waals surface area contributed by atoms with Crippen LogP contribution in [0.25, 0.3) is 99.5 Å². The molecule has 2 aliphatic heterocycles. The summed E-state index contributed by atoms with van der Waals surface area (Å²) in [6.07, 6.45) is 0. The fraction of sp³-hybridized carbons (Fsp3) is 0.243. The number of nitrogens with zero attached hydrogens (tertiary/aromatic N) is 4. The predicted molar refractivity (Wildman–Crippen MR) is 468 cm³/mol. The third-order valence-corrected chi connectivity index (χ3v) is 23.3. The van der Waals surface area contributed by atoms with E-state index < -0.39 is 13.6 Å². The third-order valence-electron chi connectivity index (χ3n) is 23.3. The van der Waals surface area contributed by atoms with E-state index in [-0.39, 0.29) is 38.1 Å². The maximum Gasteiger partial charge on any atom is 0.252 e. The van der Waals surface area contributed by atoms with Gasteiger partial charge in [0, 0.05) is 82.0 Å². The van der Waals surface area contributed by atoms with Crippen molar-refractivity contribution in [3.8, 4) is 55.9 Å². The molecule has 0 N–H and O–H groups in total. The number of hydrogen-bond donors (Lipinski definition) is 0. The van der Waals surface area contributed by atoms with E-state index in [0.29, 0.717) is 0 Å². The zero-order valence-corrected chi connectivity index (χ0v) is 66.3. The van der Waals surface area contributed by atoms with Crippen molar-refractivity contribution < 1.29 is 4.11 Å². The van der Waals surface area contributed by atoms with Gasteiger partial charge in [-0.3, -0.25) is 0 Å². The van der Waals surface area contributed by atoms with Gasteiger partial charge < -0.3 is 18.9 Å². The standard InChI is InChI=1S/C103H101BN4/c1-64-52-93-95-94(53-64)108(97-79(67-36-28-22-29-37-67)60-74(103(17,18)19)61-80(97)68-38-30-23-31-39-68)92-63-76(106-89-50-42-71(100(8,9)10)56-83(89)84-57-72(101(11,12)13)43-51-90(84)106)45-47-86(92)104(95)85-46-44-75(105-87-48-40-69(98(2,3)4)54-81(87)82-55-70(99(5,6)7)41-49-88(82)105)62-91(85)107(93)96-77(65-32-24-20-25-33-65)58-73(102(14,15)16)59-78(96)66-34-26-21-27-35-66/h20-63H,1-19H3/i1D3. The summed E-state index contributed by atoms with van der Waals surface area (Å²) in [5, 5.41) is 4.82. The number of anilines is 6. The van der Waals surface area contributed by atoms with E-state index >= 15 is 0 Å². The fourth-order valence-corrected chi connectivity index (χ4v) is 17.2. The summed E-state index contributed by atoms with van der Waals surface area (Å²) >= 11 is 0. The van der Waals surface area contributed by atoms with Crippen molar-refractivity contribution in [2.75, 3.05) is 9.80 Å². The van der Waals surface area contributed by atoms with E-state index in [4.69, 9.17) is 0 Å². The van der Waals surface area contributed by atoms with Crippen molar-refractivity contribution in [3.05, 3.63) is 306 Å². The van der Waals surface area contributed by atoms with Crippen LogP contribution in [-0.2, 0) is 32.5 Å². The second-order valence-corrected chi connectivity index (χ2v) is 36.9. The lowest BCUT2D eigenvalue weighted by atomic mass is 9.33. The lowest BCUT2D eigenvalue weighted by Crippen LogP contribution is -2.61. The van der Waals surface area contributed by atoms with Crippen LogP contribution in [0.1, 0.15) is 168 Å². The molecule has 0 fully saturated rings. The Balaban J connectivity index is 1.07. The quantitative estimate of drug-likeness (QED) is 0.141. The highest BCUT2D eigenvalue weighted by Crippen LogP contribution is 2.56. The highest BCUT2D eigenvalue weighted by molar-refractivity contribution is 7.00. The van der Waals surface area contributed by atoms with E-state index in [2.05, 4.69) is 398 Å². The van der Waals surface area contributed by atoms with Crippen LogP contribution < -0.4 is 26.2 Å². The SMILES string of the molecule is [2H]C([2H])([2H])c1cc2c3c(c1)N(c1c(-c4ccccc4)cc(C(C)(C)C)cc1-c1ccccc1)c1cc(-n4c5ccc(C(C)(C)C)cc5c5cc(C(C)(C)C)ccc54)ccc1B3c1ccc(-n3c4ccc(C(C)(C)C)cc4c4cc(C(C)(C)C)ccc43)cc1N2c1c(-c2ccccc2)cc(C(C)(C)C)cc1-c1ccccc1. The highest BCUT2D eigenvalue weighted by Gasteiger charge is 2.46. The molecule has 2 aliphatic rings. The van der Waals surface area contributed by atoms with Crippen molar-refractivity contribution >= 4 is 101 Å². The molecule has 0 atom stereocenters. The average Bonchev–Trinajstić information content (AvgIpc) is 1.09. The van der Waals surface area contributed by atoms with E-state index in [0.717, 1.165) is 128 Å². The zero-order chi connectivity index (χ0) is 78.1. The second kappa shape index (κ2) is 25.1.